The van der Waals surface area contributed by atoms with Crippen molar-refractivity contribution in [1.82, 2.24) is 0 Å². The molecule has 0 saturated heterocycles. The van der Waals surface area contributed by atoms with Crippen molar-refractivity contribution in [2.75, 3.05) is 5.75 Å². The second-order valence-corrected chi connectivity index (χ2v) is 7.02. The molecule has 0 aliphatic heterocycles. The molecular weight excluding hydrogens is 260 g/mol. The monoisotopic (exact) mass is 292 g/mol. The van der Waals surface area contributed by atoms with Gasteiger partial charge in [0.25, 0.3) is 0 Å². The van der Waals surface area contributed by atoms with Crippen molar-refractivity contribution in [2.24, 2.45) is 0 Å². The summed E-state index contributed by atoms with van der Waals surface area (Å²) in [6.07, 6.45) is 14.3. The number of unbranched alkanes of at least 4 members (excludes halogenated alkanes) is 9. The Morgan fingerprint density at radius 1 is 0.800 bits per heavy atom. The lowest BCUT2D eigenvalue weighted by Crippen LogP contribution is -1.84. The average Bonchev–Trinajstić information content (AvgIpc) is 2.45. The van der Waals surface area contributed by atoms with E-state index < -0.39 is 0 Å². The van der Waals surface area contributed by atoms with Crippen molar-refractivity contribution >= 4 is 11.8 Å². The van der Waals surface area contributed by atoms with Crippen LogP contribution in [0.1, 0.15) is 76.7 Å². The van der Waals surface area contributed by atoms with Crippen LogP contribution in [0.15, 0.2) is 29.2 Å². The predicted molar refractivity (Wildman–Crippen MR) is 93.7 cm³/mol. The predicted octanol–water partition coefficient (Wildman–Crippen LogP) is 7.01. The van der Waals surface area contributed by atoms with Crippen molar-refractivity contribution in [1.29, 1.82) is 0 Å². The normalized spacial score (nSPS) is 10.9. The maximum Gasteiger partial charge on any atom is 0.00745 e. The molecule has 0 aliphatic rings. The lowest BCUT2D eigenvalue weighted by molar-refractivity contribution is 0.563. The molecule has 0 bridgehead atoms. The molecule has 0 aliphatic carbocycles. The number of aryl methyl sites for hydroxylation is 1. The SMILES string of the molecule is CCCCCCCCCCCCSc1cccc(C)c1. The standard InChI is InChI=1S/C19H32S/c1-3-4-5-6-7-8-9-10-11-12-16-20-19-15-13-14-18(2)17-19/h13-15,17H,3-12,16H2,1-2H3. The van der Waals surface area contributed by atoms with E-state index in [1.165, 1.54) is 80.4 Å². The van der Waals surface area contributed by atoms with Gasteiger partial charge in [0, 0.05) is 4.90 Å². The van der Waals surface area contributed by atoms with Gasteiger partial charge in [-0.15, -0.1) is 11.8 Å². The minimum atomic E-state index is 1.28. The topological polar surface area (TPSA) is 0 Å². The molecular formula is C19H32S. The zero-order valence-electron chi connectivity index (χ0n) is 13.5. The molecule has 0 unspecified atom stereocenters. The van der Waals surface area contributed by atoms with E-state index in [0.717, 1.165) is 0 Å². The molecule has 0 N–H and O–H groups in total. The maximum atomic E-state index is 2.29. The van der Waals surface area contributed by atoms with E-state index in [0.29, 0.717) is 0 Å². The summed E-state index contributed by atoms with van der Waals surface area (Å²) < 4.78 is 0. The molecule has 0 saturated carbocycles. The summed E-state index contributed by atoms with van der Waals surface area (Å²) in [7, 11) is 0. The van der Waals surface area contributed by atoms with Gasteiger partial charge in [0.1, 0.15) is 0 Å². The second kappa shape index (κ2) is 12.3. The summed E-state index contributed by atoms with van der Waals surface area (Å²) in [5.41, 5.74) is 1.37. The average molecular weight is 293 g/mol. The highest BCUT2D eigenvalue weighted by Gasteiger charge is 1.95. The zero-order valence-corrected chi connectivity index (χ0v) is 14.3. The van der Waals surface area contributed by atoms with Gasteiger partial charge in [0.15, 0.2) is 0 Å². The van der Waals surface area contributed by atoms with Crippen molar-refractivity contribution in [2.45, 2.75) is 83.0 Å². The van der Waals surface area contributed by atoms with E-state index in [1.807, 2.05) is 11.8 Å². The first-order valence-electron chi connectivity index (χ1n) is 8.52. The van der Waals surface area contributed by atoms with Crippen LogP contribution in [0.4, 0.5) is 0 Å². The highest BCUT2D eigenvalue weighted by atomic mass is 32.2. The third-order valence-corrected chi connectivity index (χ3v) is 4.84. The summed E-state index contributed by atoms with van der Waals surface area (Å²) in [4.78, 5) is 1.43. The van der Waals surface area contributed by atoms with Gasteiger partial charge in [-0.3, -0.25) is 0 Å². The van der Waals surface area contributed by atoms with Crippen molar-refractivity contribution in [3.8, 4) is 0 Å². The lowest BCUT2D eigenvalue weighted by atomic mass is 10.1. The van der Waals surface area contributed by atoms with Gasteiger partial charge in [-0.2, -0.15) is 0 Å². The van der Waals surface area contributed by atoms with Crippen LogP contribution >= 0.6 is 11.8 Å². The lowest BCUT2D eigenvalue weighted by Gasteiger charge is -2.04. The van der Waals surface area contributed by atoms with E-state index in [2.05, 4.69) is 38.1 Å². The Hall–Kier alpha value is -0.430. The Balaban J connectivity index is 1.85. The summed E-state index contributed by atoms with van der Waals surface area (Å²) in [6, 6.07) is 8.86. The van der Waals surface area contributed by atoms with Gasteiger partial charge in [0.2, 0.25) is 0 Å². The van der Waals surface area contributed by atoms with Gasteiger partial charge in [-0.05, 0) is 31.2 Å². The van der Waals surface area contributed by atoms with Crippen molar-refractivity contribution in [3.63, 3.8) is 0 Å². The number of hydrogen-bond donors (Lipinski definition) is 0. The Bertz CT molecular complexity index is 332. The van der Waals surface area contributed by atoms with Crippen LogP contribution in [0, 0.1) is 6.92 Å². The van der Waals surface area contributed by atoms with Crippen molar-refractivity contribution < 1.29 is 0 Å². The molecule has 0 fully saturated rings. The van der Waals surface area contributed by atoms with Crippen LogP contribution in [0.2, 0.25) is 0 Å². The molecule has 20 heavy (non-hydrogen) atoms. The summed E-state index contributed by atoms with van der Waals surface area (Å²) >= 11 is 2.01. The molecule has 0 heterocycles. The van der Waals surface area contributed by atoms with E-state index in [9.17, 15) is 0 Å². The fourth-order valence-electron chi connectivity index (χ4n) is 2.48. The largest absolute Gasteiger partial charge is 0.126 e. The second-order valence-electron chi connectivity index (χ2n) is 5.85. The molecule has 0 nitrogen and oxygen atoms in total. The molecule has 1 aromatic rings. The van der Waals surface area contributed by atoms with Crippen LogP contribution in [0.25, 0.3) is 0 Å². The van der Waals surface area contributed by atoms with E-state index in [4.69, 9.17) is 0 Å². The highest BCUT2D eigenvalue weighted by molar-refractivity contribution is 7.99. The highest BCUT2D eigenvalue weighted by Crippen LogP contribution is 2.21. The summed E-state index contributed by atoms with van der Waals surface area (Å²) in [5.74, 6) is 1.28. The number of thioether (sulfide) groups is 1. The number of rotatable bonds is 12. The van der Waals surface area contributed by atoms with Gasteiger partial charge < -0.3 is 0 Å². The van der Waals surface area contributed by atoms with Crippen LogP contribution in [-0.2, 0) is 0 Å². The van der Waals surface area contributed by atoms with Crippen molar-refractivity contribution in [3.05, 3.63) is 29.8 Å². The molecule has 0 atom stereocenters. The quantitative estimate of drug-likeness (QED) is 0.295. The Kier molecular flexibility index (Phi) is 10.9. The number of benzene rings is 1. The minimum absolute atomic E-state index is 1.28. The fourth-order valence-corrected chi connectivity index (χ4v) is 3.51. The molecule has 0 aromatic heterocycles. The molecule has 0 radical (unpaired) electrons. The van der Waals surface area contributed by atoms with Gasteiger partial charge in [-0.1, -0.05) is 82.4 Å². The smallest absolute Gasteiger partial charge is 0.00745 e. The molecule has 1 heteroatoms. The van der Waals surface area contributed by atoms with Gasteiger partial charge >= 0.3 is 0 Å². The maximum absolute atomic E-state index is 2.29. The zero-order chi connectivity index (χ0) is 14.5. The fraction of sp³-hybridized carbons (Fsp3) is 0.684. The Labute approximate surface area is 130 Å². The Morgan fingerprint density at radius 3 is 2.00 bits per heavy atom. The van der Waals surface area contributed by atoms with Crippen LogP contribution in [0.3, 0.4) is 0 Å². The molecule has 114 valence electrons. The molecule has 0 amide bonds. The molecule has 1 rings (SSSR count). The van der Waals surface area contributed by atoms with Crippen LogP contribution in [-0.4, -0.2) is 5.75 Å². The molecule has 0 spiro atoms. The van der Waals surface area contributed by atoms with E-state index in [1.54, 1.807) is 0 Å². The summed E-state index contributed by atoms with van der Waals surface area (Å²) in [6.45, 7) is 4.46. The van der Waals surface area contributed by atoms with Gasteiger partial charge in [-0.25, -0.2) is 0 Å². The minimum Gasteiger partial charge on any atom is -0.126 e. The van der Waals surface area contributed by atoms with E-state index in [-0.39, 0.29) is 0 Å². The Morgan fingerprint density at radius 2 is 1.40 bits per heavy atom. The summed E-state index contributed by atoms with van der Waals surface area (Å²) in [5, 5.41) is 0. The third-order valence-electron chi connectivity index (χ3n) is 3.76. The van der Waals surface area contributed by atoms with Crippen LogP contribution < -0.4 is 0 Å². The number of hydrogen-bond acceptors (Lipinski definition) is 1. The van der Waals surface area contributed by atoms with E-state index >= 15 is 0 Å². The van der Waals surface area contributed by atoms with Crippen LogP contribution in [0.5, 0.6) is 0 Å². The first-order valence-corrected chi connectivity index (χ1v) is 9.51. The first kappa shape index (κ1) is 17.6. The molecule has 1 aromatic carbocycles. The third kappa shape index (κ3) is 9.47. The first-order chi connectivity index (χ1) is 9.83. The van der Waals surface area contributed by atoms with Gasteiger partial charge in [0.05, 0.1) is 0 Å².